The van der Waals surface area contributed by atoms with E-state index in [2.05, 4.69) is 36.5 Å². The zero-order valence-electron chi connectivity index (χ0n) is 7.76. The third kappa shape index (κ3) is 1.87. The van der Waals surface area contributed by atoms with Crippen LogP contribution in [0.15, 0.2) is 24.3 Å². The Labute approximate surface area is 84.1 Å². The number of rotatable bonds is 0. The van der Waals surface area contributed by atoms with Crippen LogP contribution in [0.2, 0.25) is 0 Å². The second-order valence-electron chi connectivity index (χ2n) is 3.68. The number of benzene rings is 1. The Kier molecular flexibility index (Phi) is 2.56. The van der Waals surface area contributed by atoms with Crippen molar-refractivity contribution in [3.8, 4) is 0 Å². The summed E-state index contributed by atoms with van der Waals surface area (Å²) in [6.45, 7) is 3.21. The average Bonchev–Trinajstić information content (AvgIpc) is 2.27. The van der Waals surface area contributed by atoms with Crippen LogP contribution in [-0.4, -0.2) is 12.0 Å². The van der Waals surface area contributed by atoms with E-state index in [0.29, 0.717) is 5.92 Å². The number of halogens is 1. The Hall–Kier alpha value is -0.530. The fraction of sp³-hybridized carbons (Fsp3) is 0.455. The van der Waals surface area contributed by atoms with Crippen LogP contribution < -0.4 is 5.32 Å². The Balaban J connectivity index is 2.38. The summed E-state index contributed by atoms with van der Waals surface area (Å²) in [6, 6.07) is 8.56. The molecule has 1 unspecified atom stereocenters. The normalized spacial score (nSPS) is 27.8. The fourth-order valence-corrected chi connectivity index (χ4v) is 2.14. The lowest BCUT2D eigenvalue weighted by atomic mass is 9.96. The van der Waals surface area contributed by atoms with Crippen molar-refractivity contribution >= 4 is 11.6 Å². The summed E-state index contributed by atoms with van der Waals surface area (Å²) in [5, 5.41) is 3.31. The molecule has 1 N–H and O–H groups in total. The van der Waals surface area contributed by atoms with Crippen molar-refractivity contribution in [3.05, 3.63) is 35.4 Å². The van der Waals surface area contributed by atoms with E-state index in [1.807, 2.05) is 0 Å². The first-order valence-corrected chi connectivity index (χ1v) is 5.16. The minimum absolute atomic E-state index is 0.0890. The molecule has 1 aliphatic rings. The van der Waals surface area contributed by atoms with Gasteiger partial charge >= 0.3 is 0 Å². The highest BCUT2D eigenvalue weighted by Gasteiger charge is 2.17. The maximum absolute atomic E-state index is 6.10. The van der Waals surface area contributed by atoms with E-state index in [0.717, 1.165) is 13.0 Å². The molecule has 2 heteroatoms. The van der Waals surface area contributed by atoms with Gasteiger partial charge in [-0.15, -0.1) is 11.6 Å². The first kappa shape index (κ1) is 9.04. The Morgan fingerprint density at radius 1 is 1.38 bits per heavy atom. The first-order valence-electron chi connectivity index (χ1n) is 4.72. The van der Waals surface area contributed by atoms with E-state index in [1.165, 1.54) is 11.1 Å². The van der Waals surface area contributed by atoms with Crippen molar-refractivity contribution in [1.82, 2.24) is 5.32 Å². The second kappa shape index (κ2) is 3.69. The maximum Gasteiger partial charge on any atom is 0.0866 e. The highest BCUT2D eigenvalue weighted by molar-refractivity contribution is 6.20. The van der Waals surface area contributed by atoms with Crippen LogP contribution in [0.4, 0.5) is 0 Å². The van der Waals surface area contributed by atoms with Crippen molar-refractivity contribution in [2.45, 2.75) is 24.8 Å². The van der Waals surface area contributed by atoms with E-state index in [1.54, 1.807) is 0 Å². The highest BCUT2D eigenvalue weighted by Crippen LogP contribution is 2.24. The Morgan fingerprint density at radius 2 is 2.15 bits per heavy atom. The van der Waals surface area contributed by atoms with Gasteiger partial charge in [0.2, 0.25) is 0 Å². The van der Waals surface area contributed by atoms with Crippen molar-refractivity contribution in [2.24, 2.45) is 0 Å². The molecule has 0 spiro atoms. The monoisotopic (exact) mass is 195 g/mol. The molecule has 2 rings (SSSR count). The third-order valence-corrected chi connectivity index (χ3v) is 2.94. The van der Waals surface area contributed by atoms with Gasteiger partial charge in [-0.2, -0.15) is 0 Å². The summed E-state index contributed by atoms with van der Waals surface area (Å²) in [7, 11) is 0. The number of hydrogen-bond acceptors (Lipinski definition) is 1. The molecule has 2 atom stereocenters. The molecular formula is C11H14ClN. The minimum Gasteiger partial charge on any atom is -0.300 e. The van der Waals surface area contributed by atoms with Gasteiger partial charge in [-0.1, -0.05) is 31.2 Å². The molecule has 1 aromatic carbocycles. The first-order chi connectivity index (χ1) is 6.27. The van der Waals surface area contributed by atoms with Gasteiger partial charge < -0.3 is 5.32 Å². The van der Waals surface area contributed by atoms with Gasteiger partial charge in [0.25, 0.3) is 0 Å². The van der Waals surface area contributed by atoms with Gasteiger partial charge in [-0.3, -0.25) is 0 Å². The van der Waals surface area contributed by atoms with Crippen molar-refractivity contribution in [2.75, 3.05) is 6.54 Å². The van der Waals surface area contributed by atoms with E-state index in [9.17, 15) is 0 Å². The second-order valence-corrected chi connectivity index (χ2v) is 4.21. The van der Waals surface area contributed by atoms with Crippen LogP contribution in [-0.2, 0) is 6.42 Å². The molecular weight excluding hydrogens is 182 g/mol. The quantitative estimate of drug-likeness (QED) is 0.496. The van der Waals surface area contributed by atoms with Gasteiger partial charge in [-0.25, -0.2) is 0 Å². The van der Waals surface area contributed by atoms with E-state index in [-0.39, 0.29) is 5.50 Å². The SMILES string of the molecule is C[C@H]1CNC(Cl)Cc2ccccc21. The smallest absolute Gasteiger partial charge is 0.0866 e. The fourth-order valence-electron chi connectivity index (χ4n) is 1.88. The van der Waals surface area contributed by atoms with Gasteiger partial charge in [0, 0.05) is 13.0 Å². The summed E-state index contributed by atoms with van der Waals surface area (Å²) in [6.07, 6.45) is 0.933. The van der Waals surface area contributed by atoms with E-state index >= 15 is 0 Å². The zero-order chi connectivity index (χ0) is 9.26. The van der Waals surface area contributed by atoms with Crippen LogP contribution in [0, 0.1) is 0 Å². The lowest BCUT2D eigenvalue weighted by Crippen LogP contribution is -2.26. The molecule has 0 saturated heterocycles. The molecule has 0 aromatic heterocycles. The van der Waals surface area contributed by atoms with Crippen LogP contribution in [0.1, 0.15) is 24.0 Å². The van der Waals surface area contributed by atoms with Gasteiger partial charge in [0.05, 0.1) is 5.50 Å². The summed E-state index contributed by atoms with van der Waals surface area (Å²) in [5.41, 5.74) is 2.92. The van der Waals surface area contributed by atoms with Crippen LogP contribution in [0.25, 0.3) is 0 Å². The molecule has 0 radical (unpaired) electrons. The number of nitrogens with one attached hydrogen (secondary N) is 1. The summed E-state index contributed by atoms with van der Waals surface area (Å²) in [4.78, 5) is 0. The molecule has 1 nitrogen and oxygen atoms in total. The lowest BCUT2D eigenvalue weighted by Gasteiger charge is -2.10. The molecule has 0 aliphatic carbocycles. The largest absolute Gasteiger partial charge is 0.300 e. The van der Waals surface area contributed by atoms with E-state index < -0.39 is 0 Å². The van der Waals surface area contributed by atoms with Gasteiger partial charge in [0.15, 0.2) is 0 Å². The Morgan fingerprint density at radius 3 is 3.00 bits per heavy atom. The van der Waals surface area contributed by atoms with Crippen molar-refractivity contribution < 1.29 is 0 Å². The topological polar surface area (TPSA) is 12.0 Å². The molecule has 1 aromatic rings. The molecule has 1 aliphatic heterocycles. The summed E-state index contributed by atoms with van der Waals surface area (Å²) >= 11 is 6.10. The zero-order valence-corrected chi connectivity index (χ0v) is 8.51. The van der Waals surface area contributed by atoms with Crippen LogP contribution in [0.5, 0.6) is 0 Å². The Bertz CT molecular complexity index is 298. The molecule has 70 valence electrons. The lowest BCUT2D eigenvalue weighted by molar-refractivity contribution is 0.612. The summed E-state index contributed by atoms with van der Waals surface area (Å²) in [5.74, 6) is 0.569. The predicted molar refractivity (Wildman–Crippen MR) is 56.2 cm³/mol. The standard InChI is InChI=1S/C11H14ClN/c1-8-7-13-11(12)6-9-4-2-3-5-10(8)9/h2-5,8,11,13H,6-7H2,1H3/t8-,11?/m0/s1. The third-order valence-electron chi connectivity index (χ3n) is 2.63. The number of alkyl halides is 1. The maximum atomic E-state index is 6.10. The van der Waals surface area contributed by atoms with Crippen molar-refractivity contribution in [3.63, 3.8) is 0 Å². The number of fused-ring (bicyclic) bond motifs is 1. The van der Waals surface area contributed by atoms with Crippen LogP contribution in [0.3, 0.4) is 0 Å². The van der Waals surface area contributed by atoms with Gasteiger partial charge in [0.1, 0.15) is 0 Å². The molecule has 1 heterocycles. The highest BCUT2D eigenvalue weighted by atomic mass is 35.5. The average molecular weight is 196 g/mol. The number of hydrogen-bond donors (Lipinski definition) is 1. The van der Waals surface area contributed by atoms with Gasteiger partial charge in [-0.05, 0) is 17.0 Å². The van der Waals surface area contributed by atoms with Crippen molar-refractivity contribution in [1.29, 1.82) is 0 Å². The molecule has 13 heavy (non-hydrogen) atoms. The minimum atomic E-state index is 0.0890. The molecule has 0 fully saturated rings. The molecule has 0 saturated carbocycles. The predicted octanol–water partition coefficient (Wildman–Crippen LogP) is 2.50. The summed E-state index contributed by atoms with van der Waals surface area (Å²) < 4.78 is 0. The molecule has 0 bridgehead atoms. The molecule has 0 amide bonds. The van der Waals surface area contributed by atoms with E-state index in [4.69, 9.17) is 11.6 Å². The van der Waals surface area contributed by atoms with Crippen LogP contribution >= 0.6 is 11.6 Å².